The molecule has 0 atom stereocenters. The molecule has 0 bridgehead atoms. The van der Waals surface area contributed by atoms with Gasteiger partial charge in [0, 0.05) is 16.7 Å². The van der Waals surface area contributed by atoms with E-state index in [1.54, 1.807) is 0 Å². The van der Waals surface area contributed by atoms with Gasteiger partial charge in [0.2, 0.25) is 6.54 Å². The minimum absolute atomic E-state index is 0.0421. The molecule has 0 saturated carbocycles. The molecule has 0 rings (SSSR count). The maximum atomic E-state index is 11.7. The molecule has 10 heteroatoms. The van der Waals surface area contributed by atoms with Gasteiger partial charge in [-0.05, 0) is 0 Å². The molecule has 0 spiro atoms. The van der Waals surface area contributed by atoms with E-state index in [2.05, 4.69) is 0 Å². The van der Waals surface area contributed by atoms with Crippen LogP contribution in [0.5, 0.6) is 0 Å². The van der Waals surface area contributed by atoms with Crippen LogP contribution in [0.1, 0.15) is 0 Å². The lowest BCUT2D eigenvalue weighted by molar-refractivity contribution is -0.481. The van der Waals surface area contributed by atoms with Crippen molar-refractivity contribution < 1.29 is 23.1 Å². The van der Waals surface area contributed by atoms with Crippen molar-refractivity contribution in [2.45, 2.75) is 0 Å². The first-order chi connectivity index (χ1) is 7.54. The normalized spacial score (nSPS) is 11.6. The highest BCUT2D eigenvalue weighted by molar-refractivity contribution is 7.48. The Labute approximate surface area is 103 Å². The van der Waals surface area contributed by atoms with Crippen molar-refractivity contribution in [1.82, 2.24) is 0 Å². The summed E-state index contributed by atoms with van der Waals surface area (Å²) in [4.78, 5) is 9.42. The predicted octanol–water partition coefficient (Wildman–Crippen LogP) is 1.90. The van der Waals surface area contributed by atoms with Crippen LogP contribution in [0.25, 0.3) is 0 Å². The fourth-order valence-electron chi connectivity index (χ4n) is 0.632. The first-order valence-electron chi connectivity index (χ1n) is 4.31. The summed E-state index contributed by atoms with van der Waals surface area (Å²) in [6, 6.07) is 0. The Morgan fingerprint density at radius 1 is 1.06 bits per heavy atom. The van der Waals surface area contributed by atoms with Gasteiger partial charge in [-0.2, -0.15) is 0 Å². The molecule has 7 nitrogen and oxygen atoms in total. The summed E-state index contributed by atoms with van der Waals surface area (Å²) < 4.78 is 25.9. The van der Waals surface area contributed by atoms with Crippen LogP contribution in [0.15, 0.2) is 0 Å². The van der Waals surface area contributed by atoms with Crippen molar-refractivity contribution >= 4 is 31.0 Å². The Balaban J connectivity index is 4.07. The van der Waals surface area contributed by atoms with Gasteiger partial charge < -0.3 is 0 Å². The molecule has 0 N–H and O–H groups in total. The molecule has 0 fully saturated rings. The number of alkyl halides is 2. The second-order valence-electron chi connectivity index (χ2n) is 2.38. The van der Waals surface area contributed by atoms with Gasteiger partial charge in [-0.25, -0.2) is 4.57 Å². The lowest BCUT2D eigenvalue weighted by Crippen LogP contribution is -2.11. The highest BCUT2D eigenvalue weighted by atomic mass is 35.5. The molecule has 0 aromatic rings. The Morgan fingerprint density at radius 2 is 1.50 bits per heavy atom. The number of nitro groups is 1. The van der Waals surface area contributed by atoms with Gasteiger partial charge >= 0.3 is 7.82 Å². The molecule has 0 aromatic heterocycles. The topological polar surface area (TPSA) is 87.9 Å². The van der Waals surface area contributed by atoms with Crippen molar-refractivity contribution in [3.05, 3.63) is 10.1 Å². The van der Waals surface area contributed by atoms with E-state index in [4.69, 9.17) is 36.8 Å². The first kappa shape index (κ1) is 16.1. The SMILES string of the molecule is O=[N+]([O-])CCOP(=O)(OCCCl)OCCCl. The molecule has 0 aliphatic rings. The molecule has 0 saturated heterocycles. The molecular formula is C6H12Cl2NO6P. The molecule has 0 aromatic carbocycles. The zero-order valence-electron chi connectivity index (χ0n) is 8.34. The van der Waals surface area contributed by atoms with Crippen molar-refractivity contribution in [2.75, 3.05) is 38.1 Å². The second-order valence-corrected chi connectivity index (χ2v) is 4.81. The highest BCUT2D eigenvalue weighted by Crippen LogP contribution is 2.49. The number of rotatable bonds is 10. The predicted molar refractivity (Wildman–Crippen MR) is 58.8 cm³/mol. The van der Waals surface area contributed by atoms with E-state index in [-0.39, 0.29) is 31.6 Å². The lowest BCUT2D eigenvalue weighted by atomic mass is 10.7. The summed E-state index contributed by atoms with van der Waals surface area (Å²) in [5.41, 5.74) is 0. The number of phosphoric acid groups is 1. The van der Waals surface area contributed by atoms with Crippen LogP contribution in [-0.4, -0.2) is 43.0 Å². The van der Waals surface area contributed by atoms with Gasteiger partial charge in [0.1, 0.15) is 6.61 Å². The number of hydrogen-bond acceptors (Lipinski definition) is 6. The van der Waals surface area contributed by atoms with Crippen LogP contribution in [0.2, 0.25) is 0 Å². The van der Waals surface area contributed by atoms with Gasteiger partial charge in [-0.3, -0.25) is 23.7 Å². The molecule has 0 unspecified atom stereocenters. The Bertz CT molecular complexity index is 241. The third-order valence-electron chi connectivity index (χ3n) is 1.18. The third-order valence-corrected chi connectivity index (χ3v) is 2.98. The average molecular weight is 296 g/mol. The molecule has 0 aliphatic carbocycles. The highest BCUT2D eigenvalue weighted by Gasteiger charge is 2.26. The minimum atomic E-state index is -3.78. The van der Waals surface area contributed by atoms with Gasteiger partial charge in [0.25, 0.3) is 0 Å². The van der Waals surface area contributed by atoms with E-state index >= 15 is 0 Å². The maximum absolute atomic E-state index is 11.7. The number of phosphoric ester groups is 1. The van der Waals surface area contributed by atoms with E-state index in [1.807, 2.05) is 0 Å². The molecule has 16 heavy (non-hydrogen) atoms. The summed E-state index contributed by atoms with van der Waals surface area (Å²) in [6.45, 7) is -0.938. The molecule has 0 amide bonds. The fourth-order valence-corrected chi connectivity index (χ4v) is 2.16. The van der Waals surface area contributed by atoms with Crippen molar-refractivity contribution in [1.29, 1.82) is 0 Å². The van der Waals surface area contributed by atoms with Crippen molar-refractivity contribution in [2.24, 2.45) is 0 Å². The first-order valence-corrected chi connectivity index (χ1v) is 6.84. The monoisotopic (exact) mass is 295 g/mol. The smallest absolute Gasteiger partial charge is 0.286 e. The standard InChI is InChI=1S/C6H12Cl2NO6P/c7-1-4-13-16(12,14-5-2-8)15-6-3-9(10)11/h1-6H2. The van der Waals surface area contributed by atoms with Gasteiger partial charge in [0.05, 0.1) is 13.2 Å². The largest absolute Gasteiger partial charge is 0.475 e. The van der Waals surface area contributed by atoms with Gasteiger partial charge in [0.15, 0.2) is 0 Å². The van der Waals surface area contributed by atoms with Gasteiger partial charge in [-0.1, -0.05) is 0 Å². The molecule has 0 aliphatic heterocycles. The Hall–Kier alpha value is 0.0900. The maximum Gasteiger partial charge on any atom is 0.475 e. The van der Waals surface area contributed by atoms with Crippen LogP contribution in [-0.2, 0) is 18.1 Å². The Morgan fingerprint density at radius 3 is 1.88 bits per heavy atom. The summed E-state index contributed by atoms with van der Waals surface area (Å²) in [7, 11) is -3.78. The average Bonchev–Trinajstić information content (AvgIpc) is 2.23. The molecular weight excluding hydrogens is 284 g/mol. The zero-order chi connectivity index (χ0) is 12.4. The second kappa shape index (κ2) is 9.15. The van der Waals surface area contributed by atoms with Crippen LogP contribution in [0.3, 0.4) is 0 Å². The van der Waals surface area contributed by atoms with E-state index in [0.29, 0.717) is 0 Å². The summed E-state index contributed by atoms with van der Waals surface area (Å²) in [5, 5.41) is 10.0. The molecule has 0 radical (unpaired) electrons. The summed E-state index contributed by atoms with van der Waals surface area (Å²) >= 11 is 10.7. The van der Waals surface area contributed by atoms with Crippen molar-refractivity contribution in [3.8, 4) is 0 Å². The fraction of sp³-hybridized carbons (Fsp3) is 1.00. The van der Waals surface area contributed by atoms with E-state index in [1.165, 1.54) is 0 Å². The Kier molecular flexibility index (Phi) is 9.21. The number of halogens is 2. The van der Waals surface area contributed by atoms with E-state index in [0.717, 1.165) is 0 Å². The summed E-state index contributed by atoms with van der Waals surface area (Å²) in [6.07, 6.45) is 0. The van der Waals surface area contributed by atoms with Crippen LogP contribution < -0.4 is 0 Å². The third kappa shape index (κ3) is 8.27. The van der Waals surface area contributed by atoms with Crippen LogP contribution in [0.4, 0.5) is 0 Å². The number of nitrogens with zero attached hydrogens (tertiary/aromatic N) is 1. The molecule has 0 heterocycles. The lowest BCUT2D eigenvalue weighted by Gasteiger charge is -2.15. The van der Waals surface area contributed by atoms with Crippen molar-refractivity contribution in [3.63, 3.8) is 0 Å². The summed E-state index contributed by atoms with van der Waals surface area (Å²) in [5.74, 6) is 0.208. The molecule has 96 valence electrons. The number of hydrogen-bond donors (Lipinski definition) is 0. The minimum Gasteiger partial charge on any atom is -0.286 e. The van der Waals surface area contributed by atoms with Crippen LogP contribution >= 0.6 is 31.0 Å². The van der Waals surface area contributed by atoms with Gasteiger partial charge in [-0.15, -0.1) is 23.2 Å². The van der Waals surface area contributed by atoms with E-state index in [9.17, 15) is 14.7 Å². The van der Waals surface area contributed by atoms with E-state index < -0.39 is 19.3 Å². The zero-order valence-corrected chi connectivity index (χ0v) is 10.7. The van der Waals surface area contributed by atoms with Crippen LogP contribution in [0, 0.1) is 10.1 Å². The quantitative estimate of drug-likeness (QED) is 0.265.